The number of rotatable bonds is 53. The molecule has 0 unspecified atom stereocenters. The molecular weight excluding hydrogens is 737 g/mol. The van der Waals surface area contributed by atoms with Gasteiger partial charge in [-0.2, -0.15) is 0 Å². The molecule has 1 heterocycles. The number of aryl methyl sites for hydroxylation is 2. The fourth-order valence-corrected chi connectivity index (χ4v) is 10.0. The van der Waals surface area contributed by atoms with Crippen LogP contribution in [0.15, 0.2) is 12.4 Å². The van der Waals surface area contributed by atoms with Gasteiger partial charge in [0.2, 0.25) is 0 Å². The van der Waals surface area contributed by atoms with Gasteiger partial charge in [0.1, 0.15) is 12.4 Å². The zero-order valence-corrected chi connectivity index (χ0v) is 43.0. The molecule has 362 valence electrons. The van der Waals surface area contributed by atoms with Gasteiger partial charge in [-0.15, -0.1) is 0 Å². The molecule has 2 heteroatoms. The lowest BCUT2D eigenvalue weighted by atomic mass is 10.0. The quantitative estimate of drug-likeness (QED) is 0.0456. The van der Waals surface area contributed by atoms with Crippen LogP contribution in [-0.4, -0.2) is 4.57 Å². The molecule has 0 saturated heterocycles. The monoisotopic (exact) mass is 854 g/mol. The van der Waals surface area contributed by atoms with Gasteiger partial charge < -0.3 is 0 Å². The first-order chi connectivity index (χ1) is 30.3. The van der Waals surface area contributed by atoms with Gasteiger partial charge in [0.05, 0.1) is 13.1 Å². The largest absolute Gasteiger partial charge is 0.256 e. The molecule has 0 aliphatic carbocycles. The Hall–Kier alpha value is -0.790. The molecule has 0 saturated carbocycles. The lowest BCUT2D eigenvalue weighted by Gasteiger charge is -2.07. The molecule has 0 amide bonds. The average Bonchev–Trinajstić information content (AvgIpc) is 3.66. The van der Waals surface area contributed by atoms with Crippen LogP contribution in [-0.2, 0) is 19.5 Å². The molecule has 0 radical (unpaired) electrons. The van der Waals surface area contributed by atoms with Crippen molar-refractivity contribution in [1.82, 2.24) is 4.57 Å². The van der Waals surface area contributed by atoms with E-state index in [2.05, 4.69) is 42.3 Å². The van der Waals surface area contributed by atoms with Crippen LogP contribution >= 0.6 is 0 Å². The van der Waals surface area contributed by atoms with Crippen LogP contribution in [0.2, 0.25) is 0 Å². The van der Waals surface area contributed by atoms with Crippen molar-refractivity contribution >= 4 is 0 Å². The standard InChI is InChI=1S/C59H117N2/c1-4-7-10-13-16-19-22-25-28-31-34-37-40-43-46-49-52-55-60-57-58-61(56-53-50-47-44-41-38-35-32-29-26-23-20-17-14-11-8-5-2)59(60)54-51-48-45-42-39-36-33-30-27-24-21-18-15-12-9-6-3/h57-58H,4-56H2,1-3H3/q+1. The molecule has 0 aliphatic rings. The van der Waals surface area contributed by atoms with E-state index in [9.17, 15) is 0 Å². The first kappa shape index (κ1) is 58.2. The zero-order chi connectivity index (χ0) is 43.6. The second kappa shape index (κ2) is 50.2. The minimum atomic E-state index is 1.23. The van der Waals surface area contributed by atoms with E-state index in [1.54, 1.807) is 5.82 Å². The van der Waals surface area contributed by atoms with Crippen molar-refractivity contribution in [3.8, 4) is 0 Å². The summed E-state index contributed by atoms with van der Waals surface area (Å²) in [4.78, 5) is 0. The van der Waals surface area contributed by atoms with Crippen LogP contribution in [0.1, 0.15) is 348 Å². The van der Waals surface area contributed by atoms with Gasteiger partial charge in [-0.1, -0.05) is 310 Å². The molecule has 2 nitrogen and oxygen atoms in total. The van der Waals surface area contributed by atoms with Gasteiger partial charge in [0.25, 0.3) is 5.82 Å². The number of hydrogen-bond acceptors (Lipinski definition) is 0. The van der Waals surface area contributed by atoms with Gasteiger partial charge >= 0.3 is 0 Å². The predicted molar refractivity (Wildman–Crippen MR) is 276 cm³/mol. The number of imidazole rings is 1. The Balaban J connectivity index is 2.23. The van der Waals surface area contributed by atoms with E-state index in [4.69, 9.17) is 0 Å². The van der Waals surface area contributed by atoms with E-state index in [1.165, 1.54) is 341 Å². The lowest BCUT2D eigenvalue weighted by Crippen LogP contribution is -2.37. The van der Waals surface area contributed by atoms with Crippen LogP contribution in [0.4, 0.5) is 0 Å². The summed E-state index contributed by atoms with van der Waals surface area (Å²) in [6.07, 6.45) is 78.8. The van der Waals surface area contributed by atoms with Crippen molar-refractivity contribution < 1.29 is 4.57 Å². The first-order valence-electron chi connectivity index (χ1n) is 29.4. The topological polar surface area (TPSA) is 8.81 Å². The van der Waals surface area contributed by atoms with E-state index < -0.39 is 0 Å². The Morgan fingerprint density at radius 3 is 0.787 bits per heavy atom. The molecule has 1 aromatic heterocycles. The summed E-state index contributed by atoms with van der Waals surface area (Å²) in [5.41, 5.74) is 0. The molecule has 0 bridgehead atoms. The van der Waals surface area contributed by atoms with Gasteiger partial charge in [0, 0.05) is 6.42 Å². The fraction of sp³-hybridized carbons (Fsp3) is 0.949. The third-order valence-electron chi connectivity index (χ3n) is 14.3. The van der Waals surface area contributed by atoms with Crippen molar-refractivity contribution in [3.05, 3.63) is 18.2 Å². The maximum Gasteiger partial charge on any atom is 0.256 e. The minimum Gasteiger partial charge on any atom is -0.234 e. The van der Waals surface area contributed by atoms with E-state index in [0.29, 0.717) is 0 Å². The van der Waals surface area contributed by atoms with Crippen LogP contribution in [0, 0.1) is 0 Å². The van der Waals surface area contributed by atoms with Crippen LogP contribution in [0.3, 0.4) is 0 Å². The summed E-state index contributed by atoms with van der Waals surface area (Å²) in [6.45, 7) is 9.42. The zero-order valence-electron chi connectivity index (χ0n) is 43.0. The molecule has 0 aliphatic heterocycles. The molecule has 0 fully saturated rings. The van der Waals surface area contributed by atoms with E-state index in [-0.39, 0.29) is 0 Å². The summed E-state index contributed by atoms with van der Waals surface area (Å²) in [5.74, 6) is 1.64. The number of unbranched alkanes of at least 4 members (excludes halogenated alkanes) is 47. The minimum absolute atomic E-state index is 1.23. The molecular formula is C59H117N2+. The third kappa shape index (κ3) is 41.7. The first-order valence-corrected chi connectivity index (χ1v) is 29.4. The van der Waals surface area contributed by atoms with Crippen LogP contribution < -0.4 is 4.57 Å². The van der Waals surface area contributed by atoms with Crippen LogP contribution in [0.5, 0.6) is 0 Å². The maximum atomic E-state index is 2.67. The summed E-state index contributed by atoms with van der Waals surface area (Å²) >= 11 is 0. The normalized spacial score (nSPS) is 11.7. The number of nitrogens with zero attached hydrogens (tertiary/aromatic N) is 2. The summed E-state index contributed by atoms with van der Waals surface area (Å²) in [7, 11) is 0. The Morgan fingerprint density at radius 1 is 0.279 bits per heavy atom. The van der Waals surface area contributed by atoms with E-state index in [1.807, 2.05) is 0 Å². The number of hydrogen-bond donors (Lipinski definition) is 0. The van der Waals surface area contributed by atoms with Crippen molar-refractivity contribution in [2.75, 3.05) is 0 Å². The molecule has 0 atom stereocenters. The lowest BCUT2D eigenvalue weighted by molar-refractivity contribution is -0.704. The van der Waals surface area contributed by atoms with Gasteiger partial charge in [-0.3, -0.25) is 0 Å². The van der Waals surface area contributed by atoms with Gasteiger partial charge in [0.15, 0.2) is 0 Å². The van der Waals surface area contributed by atoms with E-state index >= 15 is 0 Å². The number of aromatic nitrogens is 2. The highest BCUT2D eigenvalue weighted by Crippen LogP contribution is 2.18. The van der Waals surface area contributed by atoms with E-state index in [0.717, 1.165) is 0 Å². The fourth-order valence-electron chi connectivity index (χ4n) is 10.0. The summed E-state index contributed by atoms with van der Waals surface area (Å²) in [6, 6.07) is 0. The predicted octanol–water partition coefficient (Wildman–Crippen LogP) is 20.9. The second-order valence-electron chi connectivity index (χ2n) is 20.5. The van der Waals surface area contributed by atoms with Crippen molar-refractivity contribution in [2.24, 2.45) is 0 Å². The summed E-state index contributed by atoms with van der Waals surface area (Å²) < 4.78 is 5.34. The smallest absolute Gasteiger partial charge is 0.234 e. The second-order valence-corrected chi connectivity index (χ2v) is 20.5. The molecule has 61 heavy (non-hydrogen) atoms. The van der Waals surface area contributed by atoms with Gasteiger partial charge in [-0.05, 0) is 32.1 Å². The average molecular weight is 855 g/mol. The van der Waals surface area contributed by atoms with Crippen molar-refractivity contribution in [2.45, 2.75) is 361 Å². The Morgan fingerprint density at radius 2 is 0.508 bits per heavy atom. The Bertz CT molecular complexity index is 878. The highest BCUT2D eigenvalue weighted by molar-refractivity contribution is 4.84. The Kier molecular flexibility index (Phi) is 47.9. The molecule has 1 rings (SSSR count). The SMILES string of the molecule is CCCCCCCCCCCCCCCCCCCn1cc[n+](CCCCCCCCCCCCCCCCCCC)c1CCCCCCCCCCCCCCCCCC. The molecule has 1 aromatic rings. The Labute approximate surface area is 387 Å². The maximum absolute atomic E-state index is 2.67. The molecule has 0 spiro atoms. The summed E-state index contributed by atoms with van der Waals surface area (Å²) in [5, 5.41) is 0. The third-order valence-corrected chi connectivity index (χ3v) is 14.3. The van der Waals surface area contributed by atoms with Gasteiger partial charge in [-0.25, -0.2) is 9.13 Å². The van der Waals surface area contributed by atoms with Crippen molar-refractivity contribution in [1.29, 1.82) is 0 Å². The highest BCUT2D eigenvalue weighted by Gasteiger charge is 2.16. The van der Waals surface area contributed by atoms with Crippen molar-refractivity contribution in [3.63, 3.8) is 0 Å². The highest BCUT2D eigenvalue weighted by atomic mass is 15.1. The van der Waals surface area contributed by atoms with Crippen LogP contribution in [0.25, 0.3) is 0 Å². The molecule has 0 aromatic carbocycles. The molecule has 0 N–H and O–H groups in total.